The van der Waals surface area contributed by atoms with Crippen LogP contribution in [0.2, 0.25) is 0 Å². The summed E-state index contributed by atoms with van der Waals surface area (Å²) < 4.78 is 0. The van der Waals surface area contributed by atoms with Gasteiger partial charge in [-0.15, -0.1) is 0 Å². The highest BCUT2D eigenvalue weighted by Gasteiger charge is 2.48. The molecule has 6 nitrogen and oxygen atoms in total. The molecule has 2 amide bonds. The van der Waals surface area contributed by atoms with Gasteiger partial charge < -0.3 is 10.2 Å². The van der Waals surface area contributed by atoms with Gasteiger partial charge in [0.1, 0.15) is 11.3 Å². The molecule has 1 aromatic rings. The van der Waals surface area contributed by atoms with E-state index in [1.807, 2.05) is 0 Å². The van der Waals surface area contributed by atoms with Crippen molar-refractivity contribution in [2.45, 2.75) is 25.7 Å². The number of fused-ring (bicyclic) bond motifs is 1. The number of phenols is 1. The lowest BCUT2D eigenvalue weighted by atomic mass is 9.81. The van der Waals surface area contributed by atoms with Crippen molar-refractivity contribution in [3.8, 4) is 5.75 Å². The third-order valence-corrected chi connectivity index (χ3v) is 4.31. The predicted molar refractivity (Wildman–Crippen MR) is 73.0 cm³/mol. The number of hydrogen-bond acceptors (Lipinski definition) is 4. The zero-order chi connectivity index (χ0) is 15.1. The topological polar surface area (TPSA) is 94.9 Å². The summed E-state index contributed by atoms with van der Waals surface area (Å²) in [5, 5.41) is 18.5. The highest BCUT2D eigenvalue weighted by atomic mass is 16.4. The number of aromatic hydroxyl groups is 1. The number of amides is 2. The number of rotatable bonds is 2. The van der Waals surface area contributed by atoms with Crippen LogP contribution in [0.5, 0.6) is 5.75 Å². The van der Waals surface area contributed by atoms with Gasteiger partial charge in [0, 0.05) is 0 Å². The summed E-state index contributed by atoms with van der Waals surface area (Å²) in [6.45, 7) is 0. The van der Waals surface area contributed by atoms with Gasteiger partial charge in [-0.3, -0.25) is 14.5 Å². The predicted octanol–water partition coefficient (Wildman–Crippen LogP) is 1.77. The minimum absolute atomic E-state index is 0.217. The summed E-state index contributed by atoms with van der Waals surface area (Å²) >= 11 is 0. The van der Waals surface area contributed by atoms with Crippen LogP contribution >= 0.6 is 0 Å². The maximum Gasteiger partial charge on any atom is 0.339 e. The van der Waals surface area contributed by atoms with E-state index in [2.05, 4.69) is 0 Å². The van der Waals surface area contributed by atoms with Crippen molar-refractivity contribution in [1.82, 2.24) is 0 Å². The number of carbonyl (C=O) groups is 3. The van der Waals surface area contributed by atoms with Gasteiger partial charge in [0.05, 0.1) is 17.5 Å². The van der Waals surface area contributed by atoms with E-state index in [1.165, 1.54) is 18.2 Å². The maximum atomic E-state index is 12.4. The number of hydrogen-bond donors (Lipinski definition) is 2. The molecule has 6 heteroatoms. The van der Waals surface area contributed by atoms with Crippen LogP contribution in [0.15, 0.2) is 18.2 Å². The molecule has 2 atom stereocenters. The standard InChI is InChI=1S/C15H15NO5/c17-12-6-5-8(7-11(12)15(20)21)16-13(18)9-3-1-2-4-10(9)14(16)19/h5-7,9-10,17H,1-4H2,(H,20,21). The van der Waals surface area contributed by atoms with Crippen molar-refractivity contribution in [2.75, 3.05) is 4.90 Å². The first-order valence-corrected chi connectivity index (χ1v) is 6.95. The van der Waals surface area contributed by atoms with Crippen molar-refractivity contribution in [1.29, 1.82) is 0 Å². The molecule has 2 fully saturated rings. The van der Waals surface area contributed by atoms with E-state index in [0.717, 1.165) is 17.7 Å². The highest BCUT2D eigenvalue weighted by molar-refractivity contribution is 6.22. The lowest BCUT2D eigenvalue weighted by molar-refractivity contribution is -0.122. The molecule has 1 aromatic carbocycles. The molecule has 0 spiro atoms. The van der Waals surface area contributed by atoms with Crippen molar-refractivity contribution in [2.24, 2.45) is 11.8 Å². The van der Waals surface area contributed by atoms with Crippen LogP contribution < -0.4 is 4.90 Å². The van der Waals surface area contributed by atoms with E-state index in [9.17, 15) is 19.5 Å². The van der Waals surface area contributed by atoms with Gasteiger partial charge in [0.25, 0.3) is 0 Å². The minimum Gasteiger partial charge on any atom is -0.507 e. The largest absolute Gasteiger partial charge is 0.507 e. The Bertz CT molecular complexity index is 615. The number of carbonyl (C=O) groups excluding carboxylic acids is 2. The van der Waals surface area contributed by atoms with Crippen LogP contribution in [0.1, 0.15) is 36.0 Å². The summed E-state index contributed by atoms with van der Waals surface area (Å²) in [6, 6.07) is 3.76. The minimum atomic E-state index is -1.30. The molecule has 110 valence electrons. The lowest BCUT2D eigenvalue weighted by Crippen LogP contribution is -2.31. The summed E-state index contributed by atoms with van der Waals surface area (Å²) in [4.78, 5) is 37.0. The SMILES string of the molecule is O=C(O)c1cc(N2C(=O)C3CCCCC3C2=O)ccc1O. The fourth-order valence-corrected chi connectivity index (χ4v) is 3.25. The van der Waals surface area contributed by atoms with Crippen molar-refractivity contribution in [3.05, 3.63) is 23.8 Å². The van der Waals surface area contributed by atoms with Gasteiger partial charge in [0.15, 0.2) is 0 Å². The van der Waals surface area contributed by atoms with Crippen LogP contribution in [-0.2, 0) is 9.59 Å². The molecule has 2 unspecified atom stereocenters. The Labute approximate surface area is 121 Å². The molecule has 3 rings (SSSR count). The first kappa shape index (κ1) is 13.6. The van der Waals surface area contributed by atoms with Crippen LogP contribution in [0.3, 0.4) is 0 Å². The zero-order valence-electron chi connectivity index (χ0n) is 11.3. The quantitative estimate of drug-likeness (QED) is 0.809. The van der Waals surface area contributed by atoms with Crippen molar-refractivity contribution < 1.29 is 24.6 Å². The number of carboxylic acid groups (broad SMARTS) is 1. The lowest BCUT2D eigenvalue weighted by Gasteiger charge is -2.19. The second-order valence-electron chi connectivity index (χ2n) is 5.52. The van der Waals surface area contributed by atoms with Gasteiger partial charge >= 0.3 is 5.97 Å². The first-order valence-electron chi connectivity index (χ1n) is 6.95. The number of imide groups is 1. The van der Waals surface area contributed by atoms with Crippen molar-refractivity contribution >= 4 is 23.5 Å². The molecular formula is C15H15NO5. The first-order chi connectivity index (χ1) is 10.0. The molecule has 21 heavy (non-hydrogen) atoms. The smallest absolute Gasteiger partial charge is 0.339 e. The Morgan fingerprint density at radius 2 is 1.67 bits per heavy atom. The van der Waals surface area contributed by atoms with E-state index < -0.39 is 5.97 Å². The third-order valence-electron chi connectivity index (χ3n) is 4.31. The Hall–Kier alpha value is -2.37. The number of nitrogens with zero attached hydrogens (tertiary/aromatic N) is 1. The van der Waals surface area contributed by atoms with Crippen LogP contribution in [0.4, 0.5) is 5.69 Å². The van der Waals surface area contributed by atoms with Crippen LogP contribution in [0.25, 0.3) is 0 Å². The average Bonchev–Trinajstić information content (AvgIpc) is 2.72. The molecular weight excluding hydrogens is 274 g/mol. The molecule has 1 saturated carbocycles. The van der Waals surface area contributed by atoms with Crippen LogP contribution in [-0.4, -0.2) is 28.0 Å². The Balaban J connectivity index is 2.00. The molecule has 2 N–H and O–H groups in total. The van der Waals surface area contributed by atoms with Gasteiger partial charge in [-0.25, -0.2) is 4.79 Å². The third kappa shape index (κ3) is 2.07. The van der Waals surface area contributed by atoms with E-state index >= 15 is 0 Å². The summed E-state index contributed by atoms with van der Waals surface area (Å²) in [5.74, 6) is -2.77. The molecule has 1 aliphatic carbocycles. The summed E-state index contributed by atoms with van der Waals surface area (Å²) in [5.41, 5.74) is -0.0995. The van der Waals surface area contributed by atoms with Crippen molar-refractivity contribution in [3.63, 3.8) is 0 Å². The van der Waals surface area contributed by atoms with E-state index in [-0.39, 0.29) is 40.7 Å². The second-order valence-corrected chi connectivity index (χ2v) is 5.52. The van der Waals surface area contributed by atoms with Crippen LogP contribution in [0, 0.1) is 11.8 Å². The Kier molecular flexibility index (Phi) is 3.16. The summed E-state index contributed by atoms with van der Waals surface area (Å²) in [6.07, 6.45) is 3.28. The number of anilines is 1. The van der Waals surface area contributed by atoms with E-state index in [4.69, 9.17) is 5.11 Å². The maximum absolute atomic E-state index is 12.4. The van der Waals surface area contributed by atoms with Gasteiger partial charge in [-0.1, -0.05) is 12.8 Å². The Morgan fingerprint density at radius 1 is 1.10 bits per heavy atom. The Morgan fingerprint density at radius 3 is 2.19 bits per heavy atom. The number of carboxylic acids is 1. The number of benzene rings is 1. The second kappa shape index (κ2) is 4.87. The molecule has 1 aliphatic heterocycles. The molecule has 0 bridgehead atoms. The normalized spacial score (nSPS) is 25.0. The van der Waals surface area contributed by atoms with E-state index in [1.54, 1.807) is 0 Å². The highest BCUT2D eigenvalue weighted by Crippen LogP contribution is 2.40. The summed E-state index contributed by atoms with van der Waals surface area (Å²) in [7, 11) is 0. The fourth-order valence-electron chi connectivity index (χ4n) is 3.25. The molecule has 1 heterocycles. The molecule has 2 aliphatic rings. The monoisotopic (exact) mass is 289 g/mol. The van der Waals surface area contributed by atoms with Gasteiger partial charge in [-0.05, 0) is 31.0 Å². The molecule has 0 aromatic heterocycles. The number of aromatic carboxylic acids is 1. The molecule has 0 radical (unpaired) electrons. The fraction of sp³-hybridized carbons (Fsp3) is 0.400. The van der Waals surface area contributed by atoms with Gasteiger partial charge in [-0.2, -0.15) is 0 Å². The van der Waals surface area contributed by atoms with E-state index in [0.29, 0.717) is 12.8 Å². The molecule has 1 saturated heterocycles. The average molecular weight is 289 g/mol. The van der Waals surface area contributed by atoms with Gasteiger partial charge in [0.2, 0.25) is 11.8 Å². The zero-order valence-corrected chi connectivity index (χ0v) is 11.3.